The standard InChI is InChI=1S/C18H20F3N3O2S/c1-23-9-11-24(12-10-23)17-8-7-14(18(19,20)21)13-16(17)22-27(25,26)15-5-3-2-4-6-15/h2-8,13,22H,9-12H2,1H3. The summed E-state index contributed by atoms with van der Waals surface area (Å²) in [6, 6.07) is 10.7. The second-order valence-electron chi connectivity index (χ2n) is 6.44. The van der Waals surface area contributed by atoms with Crippen LogP contribution >= 0.6 is 0 Å². The summed E-state index contributed by atoms with van der Waals surface area (Å²) < 4.78 is 67.1. The van der Waals surface area contributed by atoms with Gasteiger partial charge in [-0.25, -0.2) is 8.42 Å². The molecule has 0 radical (unpaired) electrons. The molecule has 5 nitrogen and oxygen atoms in total. The monoisotopic (exact) mass is 399 g/mol. The van der Waals surface area contributed by atoms with Gasteiger partial charge in [0.2, 0.25) is 0 Å². The van der Waals surface area contributed by atoms with Crippen LogP contribution in [0, 0.1) is 0 Å². The fraction of sp³-hybridized carbons (Fsp3) is 0.333. The van der Waals surface area contributed by atoms with Gasteiger partial charge in [0, 0.05) is 26.2 Å². The van der Waals surface area contributed by atoms with Crippen molar-refractivity contribution < 1.29 is 21.6 Å². The number of anilines is 2. The highest BCUT2D eigenvalue weighted by Crippen LogP contribution is 2.36. The molecule has 0 aliphatic carbocycles. The quantitative estimate of drug-likeness (QED) is 0.858. The lowest BCUT2D eigenvalue weighted by Crippen LogP contribution is -2.44. The summed E-state index contributed by atoms with van der Waals surface area (Å²) in [7, 11) is -2.04. The average Bonchev–Trinajstić information content (AvgIpc) is 2.62. The van der Waals surface area contributed by atoms with Crippen molar-refractivity contribution in [2.24, 2.45) is 0 Å². The number of nitrogens with one attached hydrogen (secondary N) is 1. The highest BCUT2D eigenvalue weighted by molar-refractivity contribution is 7.92. The van der Waals surface area contributed by atoms with E-state index in [-0.39, 0.29) is 10.6 Å². The van der Waals surface area contributed by atoms with E-state index in [9.17, 15) is 21.6 Å². The fourth-order valence-corrected chi connectivity index (χ4v) is 4.01. The maximum absolute atomic E-state index is 13.2. The Bertz CT molecular complexity index is 894. The Morgan fingerprint density at radius 1 is 0.963 bits per heavy atom. The second kappa shape index (κ2) is 7.40. The third-order valence-electron chi connectivity index (χ3n) is 4.47. The third kappa shape index (κ3) is 4.54. The summed E-state index contributed by atoms with van der Waals surface area (Å²) >= 11 is 0. The number of hydrogen-bond acceptors (Lipinski definition) is 4. The van der Waals surface area contributed by atoms with Crippen molar-refractivity contribution >= 4 is 21.4 Å². The molecule has 0 aromatic heterocycles. The van der Waals surface area contributed by atoms with Gasteiger partial charge in [-0.3, -0.25) is 4.72 Å². The smallest absolute Gasteiger partial charge is 0.367 e. The van der Waals surface area contributed by atoms with E-state index in [1.165, 1.54) is 18.2 Å². The molecule has 146 valence electrons. The van der Waals surface area contributed by atoms with Crippen LogP contribution in [0.1, 0.15) is 5.56 Å². The summed E-state index contributed by atoms with van der Waals surface area (Å²) in [6.45, 7) is 2.68. The Labute approximate surface area is 156 Å². The number of rotatable bonds is 4. The van der Waals surface area contributed by atoms with Crippen molar-refractivity contribution in [3.8, 4) is 0 Å². The van der Waals surface area contributed by atoms with E-state index in [4.69, 9.17) is 0 Å². The maximum atomic E-state index is 13.2. The molecule has 3 rings (SSSR count). The second-order valence-corrected chi connectivity index (χ2v) is 8.12. The van der Waals surface area contributed by atoms with Crippen LogP contribution in [0.5, 0.6) is 0 Å². The van der Waals surface area contributed by atoms with Crippen molar-refractivity contribution in [2.75, 3.05) is 42.8 Å². The zero-order chi connectivity index (χ0) is 19.7. The third-order valence-corrected chi connectivity index (χ3v) is 5.85. The first kappa shape index (κ1) is 19.5. The van der Waals surface area contributed by atoms with Gasteiger partial charge >= 0.3 is 6.18 Å². The number of halogens is 3. The minimum absolute atomic E-state index is 0.00765. The average molecular weight is 399 g/mol. The first-order valence-corrected chi connectivity index (χ1v) is 9.88. The molecule has 2 aromatic rings. The molecule has 1 aliphatic rings. The Morgan fingerprint density at radius 2 is 1.59 bits per heavy atom. The van der Waals surface area contributed by atoms with Crippen LogP contribution in [0.2, 0.25) is 0 Å². The zero-order valence-electron chi connectivity index (χ0n) is 14.7. The number of alkyl halides is 3. The number of sulfonamides is 1. The molecule has 0 atom stereocenters. The first-order chi connectivity index (χ1) is 12.7. The topological polar surface area (TPSA) is 52.6 Å². The van der Waals surface area contributed by atoms with E-state index < -0.39 is 21.8 Å². The highest BCUT2D eigenvalue weighted by atomic mass is 32.2. The van der Waals surface area contributed by atoms with Crippen molar-refractivity contribution in [3.63, 3.8) is 0 Å². The molecule has 0 bridgehead atoms. The van der Waals surface area contributed by atoms with E-state index in [1.54, 1.807) is 18.2 Å². The number of piperazine rings is 1. The van der Waals surface area contributed by atoms with Gasteiger partial charge in [0.05, 0.1) is 21.8 Å². The van der Waals surface area contributed by atoms with Gasteiger partial charge < -0.3 is 9.80 Å². The van der Waals surface area contributed by atoms with E-state index in [0.717, 1.165) is 25.2 Å². The molecule has 1 N–H and O–H groups in total. The number of benzene rings is 2. The zero-order valence-corrected chi connectivity index (χ0v) is 15.5. The van der Waals surface area contributed by atoms with Gasteiger partial charge in [0.1, 0.15) is 0 Å². The molecule has 0 saturated carbocycles. The maximum Gasteiger partial charge on any atom is 0.416 e. The minimum Gasteiger partial charge on any atom is -0.367 e. The van der Waals surface area contributed by atoms with Gasteiger partial charge in [-0.15, -0.1) is 0 Å². The molecule has 0 amide bonds. The van der Waals surface area contributed by atoms with E-state index >= 15 is 0 Å². The van der Waals surface area contributed by atoms with Crippen LogP contribution in [0.15, 0.2) is 53.4 Å². The molecule has 1 saturated heterocycles. The van der Waals surface area contributed by atoms with E-state index in [0.29, 0.717) is 18.8 Å². The summed E-state index contributed by atoms with van der Waals surface area (Å²) in [5.74, 6) is 0. The molecule has 1 fully saturated rings. The highest BCUT2D eigenvalue weighted by Gasteiger charge is 2.32. The molecular formula is C18H20F3N3O2S. The lowest BCUT2D eigenvalue weighted by atomic mass is 10.1. The number of likely N-dealkylation sites (N-methyl/N-ethyl adjacent to an activating group) is 1. The Balaban J connectivity index is 2.00. The van der Waals surface area contributed by atoms with E-state index in [2.05, 4.69) is 9.62 Å². The normalized spacial score (nSPS) is 16.4. The largest absolute Gasteiger partial charge is 0.416 e. The van der Waals surface area contributed by atoms with Crippen LogP contribution in [-0.2, 0) is 16.2 Å². The van der Waals surface area contributed by atoms with Crippen LogP contribution in [0.4, 0.5) is 24.5 Å². The van der Waals surface area contributed by atoms with E-state index in [1.807, 2.05) is 11.9 Å². The number of nitrogens with zero attached hydrogens (tertiary/aromatic N) is 2. The van der Waals surface area contributed by atoms with Crippen molar-refractivity contribution in [2.45, 2.75) is 11.1 Å². The Hall–Kier alpha value is -2.26. The lowest BCUT2D eigenvalue weighted by molar-refractivity contribution is -0.137. The molecule has 1 aliphatic heterocycles. The SMILES string of the molecule is CN1CCN(c2ccc(C(F)(F)F)cc2NS(=O)(=O)c2ccccc2)CC1. The van der Waals surface area contributed by atoms with Gasteiger partial charge in [-0.2, -0.15) is 13.2 Å². The van der Waals surface area contributed by atoms with Crippen LogP contribution in [-0.4, -0.2) is 46.5 Å². The Morgan fingerprint density at radius 3 is 2.19 bits per heavy atom. The molecule has 9 heteroatoms. The molecule has 0 unspecified atom stereocenters. The molecule has 2 aromatic carbocycles. The molecule has 27 heavy (non-hydrogen) atoms. The van der Waals surface area contributed by atoms with Gasteiger partial charge in [-0.1, -0.05) is 18.2 Å². The fourth-order valence-electron chi connectivity index (χ4n) is 2.92. The predicted octanol–water partition coefficient (Wildman–Crippen LogP) is 3.26. The van der Waals surface area contributed by atoms with Crippen molar-refractivity contribution in [1.29, 1.82) is 0 Å². The van der Waals surface area contributed by atoms with Gasteiger partial charge in [0.25, 0.3) is 10.0 Å². The number of hydrogen-bond donors (Lipinski definition) is 1. The summed E-state index contributed by atoms with van der Waals surface area (Å²) in [4.78, 5) is 3.99. The minimum atomic E-state index is -4.56. The summed E-state index contributed by atoms with van der Waals surface area (Å²) in [6.07, 6.45) is -4.56. The Kier molecular flexibility index (Phi) is 5.34. The van der Waals surface area contributed by atoms with Gasteiger partial charge in [0.15, 0.2) is 0 Å². The van der Waals surface area contributed by atoms with Crippen LogP contribution in [0.25, 0.3) is 0 Å². The summed E-state index contributed by atoms with van der Waals surface area (Å²) in [5, 5.41) is 0. The van der Waals surface area contributed by atoms with Crippen molar-refractivity contribution in [1.82, 2.24) is 4.90 Å². The molecule has 0 spiro atoms. The lowest BCUT2D eigenvalue weighted by Gasteiger charge is -2.35. The molecule has 1 heterocycles. The van der Waals surface area contributed by atoms with Crippen molar-refractivity contribution in [3.05, 3.63) is 54.1 Å². The van der Waals surface area contributed by atoms with Gasteiger partial charge in [-0.05, 0) is 37.4 Å². The van der Waals surface area contributed by atoms with Crippen LogP contribution < -0.4 is 9.62 Å². The predicted molar refractivity (Wildman–Crippen MR) is 98.4 cm³/mol. The van der Waals surface area contributed by atoms with Crippen LogP contribution in [0.3, 0.4) is 0 Å². The molecular weight excluding hydrogens is 379 g/mol. The first-order valence-electron chi connectivity index (χ1n) is 8.39. The summed E-state index contributed by atoms with van der Waals surface area (Å²) in [5.41, 5.74) is -0.528.